The first-order chi connectivity index (χ1) is 12.6. The maximum atomic E-state index is 12.2. The second kappa shape index (κ2) is 7.65. The van der Waals surface area contributed by atoms with E-state index < -0.39 is 5.97 Å². The molecule has 0 amide bonds. The lowest BCUT2D eigenvalue weighted by Gasteiger charge is -2.09. The number of methoxy groups -OCH3 is 2. The van der Waals surface area contributed by atoms with Gasteiger partial charge in [0.05, 0.1) is 25.5 Å². The molecular weight excluding hydrogens is 332 g/mol. The van der Waals surface area contributed by atoms with E-state index in [1.807, 2.05) is 19.1 Å². The number of carbonyl (C=O) groups excluding carboxylic acids is 1. The van der Waals surface area contributed by atoms with Crippen LogP contribution in [0, 0.1) is 6.92 Å². The Morgan fingerprint density at radius 1 is 0.885 bits per heavy atom. The molecule has 0 radical (unpaired) electrons. The highest BCUT2D eigenvalue weighted by atomic mass is 16.5. The van der Waals surface area contributed by atoms with Gasteiger partial charge in [-0.05, 0) is 43.3 Å². The van der Waals surface area contributed by atoms with Gasteiger partial charge in [-0.25, -0.2) is 4.79 Å². The van der Waals surface area contributed by atoms with Crippen LogP contribution < -0.4 is 14.2 Å². The molecule has 0 aliphatic heterocycles. The van der Waals surface area contributed by atoms with Crippen LogP contribution in [0.15, 0.2) is 54.6 Å². The van der Waals surface area contributed by atoms with E-state index in [0.717, 1.165) is 11.1 Å². The van der Waals surface area contributed by atoms with Crippen molar-refractivity contribution in [2.75, 3.05) is 14.2 Å². The average molecular weight is 350 g/mol. The molecule has 26 heavy (non-hydrogen) atoms. The second-order valence-electron chi connectivity index (χ2n) is 5.59. The molecule has 0 saturated carbocycles. The van der Waals surface area contributed by atoms with Crippen molar-refractivity contribution >= 4 is 5.97 Å². The highest BCUT2D eigenvalue weighted by molar-refractivity contribution is 5.91. The molecule has 0 spiro atoms. The fourth-order valence-corrected chi connectivity index (χ4v) is 2.45. The maximum absolute atomic E-state index is 12.2. The topological polar surface area (TPSA) is 70.5 Å². The molecule has 0 unspecified atom stereocenters. The Balaban J connectivity index is 1.77. The summed E-state index contributed by atoms with van der Waals surface area (Å²) in [4.78, 5) is 12.2. The van der Waals surface area contributed by atoms with Crippen LogP contribution in [0.2, 0.25) is 0 Å². The van der Waals surface area contributed by atoms with Gasteiger partial charge >= 0.3 is 5.97 Å². The van der Waals surface area contributed by atoms with Gasteiger partial charge in [0.2, 0.25) is 5.88 Å². The van der Waals surface area contributed by atoms with Crippen LogP contribution >= 0.6 is 0 Å². The third-order valence-electron chi connectivity index (χ3n) is 3.77. The first-order valence-electron chi connectivity index (χ1n) is 7.95. The molecule has 0 bridgehead atoms. The summed E-state index contributed by atoms with van der Waals surface area (Å²) >= 11 is 0. The maximum Gasteiger partial charge on any atom is 0.344 e. The largest absolute Gasteiger partial charge is 0.493 e. The van der Waals surface area contributed by atoms with Crippen molar-refractivity contribution in [1.29, 1.82) is 0 Å². The van der Waals surface area contributed by atoms with Crippen LogP contribution in [0.4, 0.5) is 0 Å². The zero-order valence-corrected chi connectivity index (χ0v) is 14.7. The van der Waals surface area contributed by atoms with Gasteiger partial charge in [-0.1, -0.05) is 17.7 Å². The van der Waals surface area contributed by atoms with E-state index in [1.165, 1.54) is 0 Å². The van der Waals surface area contributed by atoms with Gasteiger partial charge in [0.25, 0.3) is 0 Å². The quantitative estimate of drug-likeness (QED) is 0.654. The van der Waals surface area contributed by atoms with Crippen molar-refractivity contribution < 1.29 is 19.0 Å². The summed E-state index contributed by atoms with van der Waals surface area (Å²) in [6.07, 6.45) is 0. The van der Waals surface area contributed by atoms with Gasteiger partial charge in [-0.2, -0.15) is 0 Å². The summed E-state index contributed by atoms with van der Waals surface area (Å²) in [5, 5.41) is 8.10. The van der Waals surface area contributed by atoms with Gasteiger partial charge < -0.3 is 14.2 Å². The molecule has 2 aromatic carbocycles. The first-order valence-corrected chi connectivity index (χ1v) is 7.95. The van der Waals surface area contributed by atoms with E-state index >= 15 is 0 Å². The molecule has 0 aliphatic carbocycles. The lowest BCUT2D eigenvalue weighted by atomic mass is 10.1. The smallest absolute Gasteiger partial charge is 0.344 e. The van der Waals surface area contributed by atoms with E-state index in [1.54, 1.807) is 56.7 Å². The third kappa shape index (κ3) is 3.80. The second-order valence-corrected chi connectivity index (χ2v) is 5.59. The molecule has 3 aromatic rings. The Hall–Kier alpha value is -3.41. The molecule has 1 aromatic heterocycles. The molecule has 0 atom stereocenters. The number of esters is 1. The number of ether oxygens (including phenoxy) is 3. The number of benzene rings is 2. The Labute approximate surface area is 151 Å². The standard InChI is InChI=1S/C20H18N2O4/c1-13-5-4-6-15(11-13)20(23)26-19-10-8-16(21-22-19)14-7-9-17(24-2)18(12-14)25-3/h4-12H,1-3H3. The lowest BCUT2D eigenvalue weighted by molar-refractivity contribution is 0.0725. The minimum atomic E-state index is -0.470. The Morgan fingerprint density at radius 2 is 1.69 bits per heavy atom. The monoisotopic (exact) mass is 350 g/mol. The van der Waals surface area contributed by atoms with E-state index in [9.17, 15) is 4.79 Å². The molecule has 6 nitrogen and oxygen atoms in total. The molecule has 3 rings (SSSR count). The van der Waals surface area contributed by atoms with Crippen LogP contribution in [-0.4, -0.2) is 30.4 Å². The predicted octanol–water partition coefficient (Wildman–Crippen LogP) is 3.69. The van der Waals surface area contributed by atoms with Crippen molar-refractivity contribution in [1.82, 2.24) is 10.2 Å². The minimum absolute atomic E-state index is 0.140. The van der Waals surface area contributed by atoms with Crippen LogP contribution in [0.5, 0.6) is 17.4 Å². The number of aromatic nitrogens is 2. The Bertz CT molecular complexity index is 923. The fraction of sp³-hybridized carbons (Fsp3) is 0.150. The third-order valence-corrected chi connectivity index (χ3v) is 3.77. The van der Waals surface area contributed by atoms with Crippen LogP contribution in [-0.2, 0) is 0 Å². The van der Waals surface area contributed by atoms with Crippen LogP contribution in [0.1, 0.15) is 15.9 Å². The van der Waals surface area contributed by atoms with Gasteiger partial charge in [0, 0.05) is 11.6 Å². The number of hydrogen-bond acceptors (Lipinski definition) is 6. The Kier molecular flexibility index (Phi) is 5.12. The molecule has 0 aliphatic rings. The van der Waals surface area contributed by atoms with Crippen molar-refractivity contribution in [3.05, 3.63) is 65.7 Å². The number of carbonyl (C=O) groups is 1. The molecule has 132 valence electrons. The van der Waals surface area contributed by atoms with Crippen molar-refractivity contribution in [2.24, 2.45) is 0 Å². The van der Waals surface area contributed by atoms with E-state index in [2.05, 4.69) is 10.2 Å². The predicted molar refractivity (Wildman–Crippen MR) is 96.7 cm³/mol. The van der Waals surface area contributed by atoms with Crippen LogP contribution in [0.25, 0.3) is 11.3 Å². The van der Waals surface area contributed by atoms with E-state index in [4.69, 9.17) is 14.2 Å². The molecule has 0 N–H and O–H groups in total. The molecular formula is C20H18N2O4. The summed E-state index contributed by atoms with van der Waals surface area (Å²) in [5.41, 5.74) is 2.89. The van der Waals surface area contributed by atoms with E-state index in [-0.39, 0.29) is 5.88 Å². The highest BCUT2D eigenvalue weighted by Gasteiger charge is 2.11. The normalized spacial score (nSPS) is 10.3. The summed E-state index contributed by atoms with van der Waals surface area (Å²) in [6.45, 7) is 1.91. The summed E-state index contributed by atoms with van der Waals surface area (Å²) < 4.78 is 15.8. The summed E-state index contributed by atoms with van der Waals surface area (Å²) in [5.74, 6) is 0.900. The number of hydrogen-bond donors (Lipinski definition) is 0. The zero-order chi connectivity index (χ0) is 18.5. The van der Waals surface area contributed by atoms with Crippen molar-refractivity contribution in [2.45, 2.75) is 6.92 Å². The lowest BCUT2D eigenvalue weighted by Crippen LogP contribution is -2.10. The van der Waals surface area contributed by atoms with Gasteiger partial charge in [0.1, 0.15) is 0 Å². The average Bonchev–Trinajstić information content (AvgIpc) is 2.68. The molecule has 1 heterocycles. The van der Waals surface area contributed by atoms with E-state index in [0.29, 0.717) is 22.8 Å². The van der Waals surface area contributed by atoms with Gasteiger partial charge in [0.15, 0.2) is 11.5 Å². The molecule has 0 saturated heterocycles. The molecule has 0 fully saturated rings. The summed E-state index contributed by atoms with van der Waals surface area (Å²) in [6, 6.07) is 16.0. The molecule has 6 heteroatoms. The first kappa shape index (κ1) is 17.4. The number of rotatable bonds is 5. The summed E-state index contributed by atoms with van der Waals surface area (Å²) in [7, 11) is 3.15. The fourth-order valence-electron chi connectivity index (χ4n) is 2.45. The SMILES string of the molecule is COc1ccc(-c2ccc(OC(=O)c3cccc(C)c3)nn2)cc1OC. The van der Waals surface area contributed by atoms with Gasteiger partial charge in [-0.3, -0.25) is 0 Å². The minimum Gasteiger partial charge on any atom is -0.493 e. The van der Waals surface area contributed by atoms with Crippen LogP contribution in [0.3, 0.4) is 0 Å². The Morgan fingerprint density at radius 3 is 2.35 bits per heavy atom. The zero-order valence-electron chi connectivity index (χ0n) is 14.7. The van der Waals surface area contributed by atoms with Gasteiger partial charge in [-0.15, -0.1) is 10.2 Å². The number of nitrogens with zero attached hydrogens (tertiary/aromatic N) is 2. The number of aryl methyl sites for hydroxylation is 1. The van der Waals surface area contributed by atoms with Crippen molar-refractivity contribution in [3.8, 4) is 28.6 Å². The van der Waals surface area contributed by atoms with Crippen molar-refractivity contribution in [3.63, 3.8) is 0 Å². The highest BCUT2D eigenvalue weighted by Crippen LogP contribution is 2.31.